The summed E-state index contributed by atoms with van der Waals surface area (Å²) in [5.41, 5.74) is -0.736. The summed E-state index contributed by atoms with van der Waals surface area (Å²) >= 11 is 0.171. The summed E-state index contributed by atoms with van der Waals surface area (Å²) in [6.07, 6.45) is -4.33. The van der Waals surface area contributed by atoms with Crippen LogP contribution in [0.1, 0.15) is 5.56 Å². The Morgan fingerprint density at radius 2 is 1.58 bits per heavy atom. The molecule has 0 spiro atoms. The first kappa shape index (κ1) is 9.12. The number of hydrogen-bond donors (Lipinski definition) is 0. The predicted molar refractivity (Wildman–Crippen MR) is 37.9 cm³/mol. The van der Waals surface area contributed by atoms with E-state index in [1.54, 1.807) is 0 Å². The molecule has 0 fully saturated rings. The van der Waals surface area contributed by atoms with Crippen LogP contribution < -0.4 is 0 Å². The molecule has 0 aromatic heterocycles. The second-order valence-corrected chi connectivity index (χ2v) is 2.74. The third-order valence-corrected chi connectivity index (χ3v) is 1.74. The predicted octanol–water partition coefficient (Wildman–Crippen LogP) is 2.28. The van der Waals surface area contributed by atoms with Crippen molar-refractivity contribution < 1.29 is 17.4 Å². The number of benzene rings is 1. The fourth-order valence-electron chi connectivity index (χ4n) is 0.699. The minimum atomic E-state index is -4.33. The highest BCUT2D eigenvalue weighted by Gasteiger charge is 2.29. The van der Waals surface area contributed by atoms with Gasteiger partial charge >= 0.3 is 6.18 Å². The van der Waals surface area contributed by atoms with Crippen LogP contribution in [0.5, 0.6) is 0 Å². The van der Waals surface area contributed by atoms with Gasteiger partial charge < -0.3 is 0 Å². The molecule has 5 heteroatoms. The molecule has 0 heterocycles. The van der Waals surface area contributed by atoms with Crippen molar-refractivity contribution in [2.24, 2.45) is 0 Å². The summed E-state index contributed by atoms with van der Waals surface area (Å²) in [6.45, 7) is 0. The van der Waals surface area contributed by atoms with E-state index in [0.717, 1.165) is 24.3 Å². The number of alkyl halides is 3. The average Bonchev–Trinajstić information content (AvgIpc) is 2.03. The molecule has 0 aliphatic rings. The van der Waals surface area contributed by atoms with Crippen molar-refractivity contribution >= 4 is 11.7 Å². The minimum absolute atomic E-state index is 0.171. The van der Waals surface area contributed by atoms with Gasteiger partial charge in [0, 0.05) is 0 Å². The van der Waals surface area contributed by atoms with Crippen LogP contribution >= 0.6 is 0 Å². The lowest BCUT2D eigenvalue weighted by Crippen LogP contribution is -2.03. The highest BCUT2D eigenvalue weighted by atomic mass is 32.1. The number of rotatable bonds is 1. The topological polar surface area (TPSA) is 17.1 Å². The highest BCUT2D eigenvalue weighted by molar-refractivity contribution is 7.65. The number of halogens is 3. The quantitative estimate of drug-likeness (QED) is 0.668. The molecule has 1 nitrogen and oxygen atoms in total. The molecule has 0 unspecified atom stereocenters. The monoisotopic (exact) mass is 193 g/mol. The van der Waals surface area contributed by atoms with Gasteiger partial charge in [-0.2, -0.15) is 13.2 Å². The first-order valence-electron chi connectivity index (χ1n) is 3.01. The van der Waals surface area contributed by atoms with Crippen molar-refractivity contribution in [1.82, 2.24) is 0 Å². The molecule has 1 rings (SSSR count). The van der Waals surface area contributed by atoms with Crippen LogP contribution in [0.3, 0.4) is 0 Å². The zero-order chi connectivity index (χ0) is 9.19. The molecule has 1 aromatic carbocycles. The van der Waals surface area contributed by atoms with Crippen LogP contribution in [0.15, 0.2) is 29.2 Å². The van der Waals surface area contributed by atoms with Crippen molar-refractivity contribution in [1.29, 1.82) is 0 Å². The van der Waals surface area contributed by atoms with Gasteiger partial charge in [-0.3, -0.25) is 0 Å². The van der Waals surface area contributed by atoms with E-state index in [4.69, 9.17) is 0 Å². The Morgan fingerprint density at radius 3 is 1.92 bits per heavy atom. The van der Waals surface area contributed by atoms with Gasteiger partial charge in [0.15, 0.2) is 0 Å². The molecule has 0 aliphatic heterocycles. The fourth-order valence-corrected chi connectivity index (χ4v) is 0.947. The largest absolute Gasteiger partial charge is 0.416 e. The molecule has 0 aliphatic carbocycles. The molecule has 65 valence electrons. The zero-order valence-electron chi connectivity index (χ0n) is 5.76. The van der Waals surface area contributed by atoms with Gasteiger partial charge in [-0.15, -0.1) is 0 Å². The molecular weight excluding hydrogens is 189 g/mol. The van der Waals surface area contributed by atoms with Crippen LogP contribution in [-0.4, -0.2) is 4.21 Å². The Kier molecular flexibility index (Phi) is 2.42. The Hall–Kier alpha value is -0.970. The maximum absolute atomic E-state index is 11.9. The van der Waals surface area contributed by atoms with Gasteiger partial charge in [0.05, 0.1) is 22.1 Å². The lowest BCUT2D eigenvalue weighted by Gasteiger charge is -2.04. The smallest absolute Gasteiger partial charge is 0.212 e. The fraction of sp³-hybridized carbons (Fsp3) is 0.143. The summed E-state index contributed by atoms with van der Waals surface area (Å²) < 4.78 is 45.9. The van der Waals surface area contributed by atoms with Crippen LogP contribution in [0, 0.1) is 0 Å². The van der Waals surface area contributed by atoms with E-state index in [0.29, 0.717) is 0 Å². The van der Waals surface area contributed by atoms with Crippen molar-refractivity contribution in [3.8, 4) is 0 Å². The molecule has 1 aromatic rings. The molecule has 0 atom stereocenters. The minimum Gasteiger partial charge on any atom is -0.212 e. The van der Waals surface area contributed by atoms with Crippen molar-refractivity contribution in [3.63, 3.8) is 0 Å². The summed E-state index contributed by atoms with van der Waals surface area (Å²) in [4.78, 5) is 0.281. The molecule has 1 radical (unpaired) electrons. The third kappa shape index (κ3) is 2.01. The second kappa shape index (κ2) is 3.18. The Morgan fingerprint density at radius 1 is 1.08 bits per heavy atom. The first-order chi connectivity index (χ1) is 5.54. The summed E-state index contributed by atoms with van der Waals surface area (Å²) in [5, 5.41) is 0. The van der Waals surface area contributed by atoms with Crippen LogP contribution in [0.4, 0.5) is 13.2 Å². The third-order valence-electron chi connectivity index (χ3n) is 1.28. The average molecular weight is 193 g/mol. The van der Waals surface area contributed by atoms with E-state index < -0.39 is 11.7 Å². The van der Waals surface area contributed by atoms with E-state index in [1.807, 2.05) is 0 Å². The molecule has 12 heavy (non-hydrogen) atoms. The number of hydrogen-bond acceptors (Lipinski definition) is 1. The van der Waals surface area contributed by atoms with Crippen LogP contribution in [0.25, 0.3) is 0 Å². The zero-order valence-corrected chi connectivity index (χ0v) is 6.58. The normalized spacial score (nSPS) is 11.2. The molecule has 0 saturated carbocycles. The van der Waals surface area contributed by atoms with Gasteiger partial charge in [0.2, 0.25) is 0 Å². The van der Waals surface area contributed by atoms with E-state index in [-0.39, 0.29) is 16.6 Å². The van der Waals surface area contributed by atoms with Crippen molar-refractivity contribution in [2.75, 3.05) is 0 Å². The van der Waals surface area contributed by atoms with Gasteiger partial charge in [-0.05, 0) is 24.3 Å². The van der Waals surface area contributed by atoms with Gasteiger partial charge in [0.1, 0.15) is 0 Å². The van der Waals surface area contributed by atoms with Gasteiger partial charge in [0.25, 0.3) is 0 Å². The lowest BCUT2D eigenvalue weighted by atomic mass is 10.2. The maximum Gasteiger partial charge on any atom is 0.416 e. The Labute approximate surface area is 70.7 Å². The molecular formula is C7H4F3OS. The van der Waals surface area contributed by atoms with Crippen molar-refractivity contribution in [2.45, 2.75) is 11.1 Å². The van der Waals surface area contributed by atoms with Crippen molar-refractivity contribution in [3.05, 3.63) is 29.8 Å². The summed E-state index contributed by atoms with van der Waals surface area (Å²) in [5.74, 6) is 0. The summed E-state index contributed by atoms with van der Waals surface area (Å²) in [7, 11) is 0. The lowest BCUT2D eigenvalue weighted by molar-refractivity contribution is -0.137. The summed E-state index contributed by atoms with van der Waals surface area (Å²) in [6, 6.07) is 4.08. The van der Waals surface area contributed by atoms with Gasteiger partial charge in [-0.25, -0.2) is 4.21 Å². The van der Waals surface area contributed by atoms with E-state index in [2.05, 4.69) is 0 Å². The van der Waals surface area contributed by atoms with E-state index in [9.17, 15) is 17.4 Å². The van der Waals surface area contributed by atoms with E-state index >= 15 is 0 Å². The van der Waals surface area contributed by atoms with Gasteiger partial charge in [-0.1, -0.05) is 0 Å². The Bertz CT molecular complexity index is 278. The highest BCUT2D eigenvalue weighted by Crippen LogP contribution is 2.28. The molecule has 0 amide bonds. The van der Waals surface area contributed by atoms with E-state index in [1.165, 1.54) is 0 Å². The SMILES string of the molecule is O=[S]c1ccc(C(F)(F)F)cc1. The second-order valence-electron chi connectivity index (χ2n) is 2.11. The van der Waals surface area contributed by atoms with Crippen LogP contribution in [-0.2, 0) is 17.8 Å². The first-order valence-corrected chi connectivity index (χ1v) is 3.75. The molecule has 0 bridgehead atoms. The maximum atomic E-state index is 11.9. The standard InChI is InChI=1S/C7H4F3OS/c8-7(9,10)5-1-3-6(12-11)4-2-5/h1-4H. The Balaban J connectivity index is 3.00. The molecule has 0 N–H and O–H groups in total. The van der Waals surface area contributed by atoms with Crippen LogP contribution in [0.2, 0.25) is 0 Å². The molecule has 0 saturated heterocycles.